The van der Waals surface area contributed by atoms with Crippen molar-refractivity contribution in [1.82, 2.24) is 10.2 Å². The van der Waals surface area contributed by atoms with E-state index in [9.17, 15) is 0 Å². The second-order valence-corrected chi connectivity index (χ2v) is 7.07. The fourth-order valence-corrected chi connectivity index (χ4v) is 3.99. The predicted octanol–water partition coefficient (Wildman–Crippen LogP) is 2.80. The third-order valence-corrected chi connectivity index (χ3v) is 4.66. The van der Waals surface area contributed by atoms with Crippen LogP contribution in [0.15, 0.2) is 0 Å². The molecule has 1 heterocycles. The normalized spacial score (nSPS) is 37.6. The lowest BCUT2D eigenvalue weighted by molar-refractivity contribution is -0.141. The minimum Gasteiger partial charge on any atom is -0.370 e. The Labute approximate surface area is 119 Å². The summed E-state index contributed by atoms with van der Waals surface area (Å²) in [5, 5.41) is 3.58. The first-order valence-electron chi connectivity index (χ1n) is 8.11. The molecule has 1 aliphatic carbocycles. The molecule has 2 aliphatic rings. The Bertz CT molecular complexity index is 280. The van der Waals surface area contributed by atoms with Crippen molar-refractivity contribution < 1.29 is 4.74 Å². The Kier molecular flexibility index (Phi) is 5.27. The molecule has 0 radical (unpaired) electrons. The van der Waals surface area contributed by atoms with Crippen LogP contribution in [0.1, 0.15) is 59.3 Å². The molecule has 0 aromatic rings. The van der Waals surface area contributed by atoms with Gasteiger partial charge in [0.15, 0.2) is 0 Å². The van der Waals surface area contributed by atoms with Crippen LogP contribution in [0.5, 0.6) is 0 Å². The van der Waals surface area contributed by atoms with E-state index in [0.717, 1.165) is 13.1 Å². The van der Waals surface area contributed by atoms with Crippen LogP contribution in [-0.2, 0) is 4.74 Å². The van der Waals surface area contributed by atoms with E-state index in [1.807, 2.05) is 0 Å². The van der Waals surface area contributed by atoms with Crippen LogP contribution in [0.3, 0.4) is 0 Å². The van der Waals surface area contributed by atoms with Crippen molar-refractivity contribution in [3.8, 4) is 0 Å². The fraction of sp³-hybridized carbons (Fsp3) is 1.00. The van der Waals surface area contributed by atoms with Crippen molar-refractivity contribution in [3.05, 3.63) is 0 Å². The van der Waals surface area contributed by atoms with Gasteiger partial charge in [-0.25, -0.2) is 0 Å². The minimum absolute atomic E-state index is 0.00166. The van der Waals surface area contributed by atoms with E-state index in [1.165, 1.54) is 38.5 Å². The smallest absolute Gasteiger partial charge is 0.0757 e. The highest BCUT2D eigenvalue weighted by Crippen LogP contribution is 2.28. The van der Waals surface area contributed by atoms with Gasteiger partial charge in [0.2, 0.25) is 0 Å². The summed E-state index contributed by atoms with van der Waals surface area (Å²) in [6, 6.07) is 1.34. The molecule has 2 rings (SSSR count). The molecule has 2 fully saturated rings. The molecule has 0 aromatic heterocycles. The summed E-state index contributed by atoms with van der Waals surface area (Å²) in [6.07, 6.45) is 8.61. The summed E-state index contributed by atoms with van der Waals surface area (Å²) in [7, 11) is 2.13. The van der Waals surface area contributed by atoms with E-state index >= 15 is 0 Å². The van der Waals surface area contributed by atoms with E-state index in [0.29, 0.717) is 18.2 Å². The number of nitrogens with zero attached hydrogens (tertiary/aromatic N) is 1. The highest BCUT2D eigenvalue weighted by Gasteiger charge is 2.37. The van der Waals surface area contributed by atoms with Crippen LogP contribution in [-0.4, -0.2) is 48.8 Å². The Morgan fingerprint density at radius 1 is 1.11 bits per heavy atom. The standard InChI is InChI=1S/C16H32N2O/c1-13-11-18(12-16(2,3)19-13)15-10-8-6-5-7-9-14(15)17-4/h13-15,17H,5-12H2,1-4H3. The first kappa shape index (κ1) is 15.3. The summed E-state index contributed by atoms with van der Waals surface area (Å²) >= 11 is 0. The zero-order valence-electron chi connectivity index (χ0n) is 13.2. The fourth-order valence-electron chi connectivity index (χ4n) is 3.99. The first-order chi connectivity index (χ1) is 9.02. The number of nitrogens with one attached hydrogen (secondary N) is 1. The summed E-state index contributed by atoms with van der Waals surface area (Å²) in [6.45, 7) is 8.83. The second kappa shape index (κ2) is 6.55. The molecule has 1 saturated carbocycles. The molecule has 1 N–H and O–H groups in total. The number of rotatable bonds is 2. The zero-order chi connectivity index (χ0) is 13.9. The van der Waals surface area contributed by atoms with Crippen LogP contribution >= 0.6 is 0 Å². The van der Waals surface area contributed by atoms with Gasteiger partial charge in [-0.05, 0) is 40.7 Å². The summed E-state index contributed by atoms with van der Waals surface area (Å²) < 4.78 is 6.06. The SMILES string of the molecule is CNC1CCCCCCC1N1CC(C)OC(C)(C)C1. The molecule has 0 spiro atoms. The van der Waals surface area contributed by atoms with Gasteiger partial charge in [-0.1, -0.05) is 25.7 Å². The summed E-state index contributed by atoms with van der Waals surface area (Å²) in [4.78, 5) is 2.70. The van der Waals surface area contributed by atoms with Gasteiger partial charge in [0, 0.05) is 25.2 Å². The summed E-state index contributed by atoms with van der Waals surface area (Å²) in [5.74, 6) is 0. The molecular weight excluding hydrogens is 236 g/mol. The molecule has 3 unspecified atom stereocenters. The Morgan fingerprint density at radius 3 is 2.42 bits per heavy atom. The average molecular weight is 268 g/mol. The molecule has 1 aliphatic heterocycles. The van der Waals surface area contributed by atoms with Crippen molar-refractivity contribution in [1.29, 1.82) is 0 Å². The van der Waals surface area contributed by atoms with Crippen LogP contribution in [0.4, 0.5) is 0 Å². The third-order valence-electron chi connectivity index (χ3n) is 4.66. The Hall–Kier alpha value is -0.120. The molecule has 112 valence electrons. The van der Waals surface area contributed by atoms with E-state index in [2.05, 4.69) is 38.0 Å². The number of hydrogen-bond donors (Lipinski definition) is 1. The number of morpholine rings is 1. The number of ether oxygens (including phenoxy) is 1. The van der Waals surface area contributed by atoms with E-state index < -0.39 is 0 Å². The van der Waals surface area contributed by atoms with Crippen LogP contribution in [0.2, 0.25) is 0 Å². The van der Waals surface area contributed by atoms with Crippen molar-refractivity contribution in [2.45, 2.75) is 83.1 Å². The van der Waals surface area contributed by atoms with Gasteiger partial charge in [-0.15, -0.1) is 0 Å². The van der Waals surface area contributed by atoms with Crippen molar-refractivity contribution in [3.63, 3.8) is 0 Å². The monoisotopic (exact) mass is 268 g/mol. The molecule has 0 aromatic carbocycles. The van der Waals surface area contributed by atoms with Crippen LogP contribution < -0.4 is 5.32 Å². The van der Waals surface area contributed by atoms with Crippen molar-refractivity contribution >= 4 is 0 Å². The maximum Gasteiger partial charge on any atom is 0.0757 e. The Morgan fingerprint density at radius 2 is 1.79 bits per heavy atom. The zero-order valence-corrected chi connectivity index (χ0v) is 13.2. The van der Waals surface area contributed by atoms with Gasteiger partial charge in [0.1, 0.15) is 0 Å². The van der Waals surface area contributed by atoms with Gasteiger partial charge in [0.05, 0.1) is 11.7 Å². The number of hydrogen-bond acceptors (Lipinski definition) is 3. The van der Waals surface area contributed by atoms with Gasteiger partial charge < -0.3 is 10.1 Å². The third kappa shape index (κ3) is 4.17. The average Bonchev–Trinajstić information content (AvgIpc) is 2.25. The molecule has 0 bridgehead atoms. The Balaban J connectivity index is 2.06. The molecule has 3 atom stereocenters. The lowest BCUT2D eigenvalue weighted by Gasteiger charge is -2.47. The topological polar surface area (TPSA) is 24.5 Å². The van der Waals surface area contributed by atoms with E-state index in [4.69, 9.17) is 4.74 Å². The second-order valence-electron chi connectivity index (χ2n) is 7.07. The molecule has 19 heavy (non-hydrogen) atoms. The van der Waals surface area contributed by atoms with Crippen molar-refractivity contribution in [2.24, 2.45) is 0 Å². The van der Waals surface area contributed by atoms with Crippen LogP contribution in [0, 0.1) is 0 Å². The summed E-state index contributed by atoms with van der Waals surface area (Å²) in [5.41, 5.74) is -0.00166. The lowest BCUT2D eigenvalue weighted by atomic mass is 9.89. The van der Waals surface area contributed by atoms with Crippen molar-refractivity contribution in [2.75, 3.05) is 20.1 Å². The largest absolute Gasteiger partial charge is 0.370 e. The lowest BCUT2D eigenvalue weighted by Crippen LogP contribution is -2.59. The van der Waals surface area contributed by atoms with E-state index in [1.54, 1.807) is 0 Å². The minimum atomic E-state index is -0.00166. The molecule has 1 saturated heterocycles. The van der Waals surface area contributed by atoms with Gasteiger partial charge in [-0.2, -0.15) is 0 Å². The molecular formula is C16H32N2O. The molecule has 3 nitrogen and oxygen atoms in total. The maximum absolute atomic E-state index is 6.06. The van der Waals surface area contributed by atoms with E-state index in [-0.39, 0.29) is 5.60 Å². The number of likely N-dealkylation sites (N-methyl/N-ethyl adjacent to an activating group) is 1. The maximum atomic E-state index is 6.06. The van der Waals surface area contributed by atoms with Gasteiger partial charge >= 0.3 is 0 Å². The first-order valence-corrected chi connectivity index (χ1v) is 8.11. The molecule has 0 amide bonds. The molecule has 3 heteroatoms. The van der Waals surface area contributed by atoms with Crippen LogP contribution in [0.25, 0.3) is 0 Å². The predicted molar refractivity (Wildman–Crippen MR) is 80.5 cm³/mol. The van der Waals surface area contributed by atoms with Gasteiger partial charge in [-0.3, -0.25) is 4.90 Å². The quantitative estimate of drug-likeness (QED) is 0.833. The van der Waals surface area contributed by atoms with Gasteiger partial charge in [0.25, 0.3) is 0 Å². The highest BCUT2D eigenvalue weighted by molar-refractivity contribution is 4.92. The highest BCUT2D eigenvalue weighted by atomic mass is 16.5.